The fourth-order valence-corrected chi connectivity index (χ4v) is 1.80. The van der Waals surface area contributed by atoms with E-state index >= 15 is 0 Å². The van der Waals surface area contributed by atoms with Crippen LogP contribution < -0.4 is 5.32 Å². The minimum atomic E-state index is 0.461. The lowest BCUT2D eigenvalue weighted by Gasteiger charge is -1.99. The minimum absolute atomic E-state index is 0.461. The number of aryl methyl sites for hydroxylation is 1. The third-order valence-corrected chi connectivity index (χ3v) is 2.85. The van der Waals surface area contributed by atoms with E-state index in [0.29, 0.717) is 23.2 Å². The molecule has 1 N–H and O–H groups in total. The molecule has 0 bridgehead atoms. The molecule has 20 heavy (non-hydrogen) atoms. The smallest absolute Gasteiger partial charge is 0.258 e. The van der Waals surface area contributed by atoms with Crippen LogP contribution in [0.5, 0.6) is 0 Å². The molecule has 0 saturated heterocycles. The molecule has 100 valence electrons. The van der Waals surface area contributed by atoms with Gasteiger partial charge in [0, 0.05) is 24.5 Å². The van der Waals surface area contributed by atoms with Crippen LogP contribution in [0.4, 0.5) is 5.69 Å². The Labute approximate surface area is 115 Å². The van der Waals surface area contributed by atoms with Crippen LogP contribution in [-0.4, -0.2) is 27.2 Å². The average molecular weight is 267 g/mol. The topological polar surface area (TPSA) is 76.7 Å². The van der Waals surface area contributed by atoms with Crippen molar-refractivity contribution in [3.63, 3.8) is 0 Å². The average Bonchev–Trinajstić information content (AvgIpc) is 2.97. The Balaban J connectivity index is 1.93. The van der Waals surface area contributed by atoms with E-state index in [1.807, 2.05) is 38.2 Å². The van der Waals surface area contributed by atoms with Crippen LogP contribution in [0, 0.1) is 6.92 Å². The zero-order chi connectivity index (χ0) is 13.9. The van der Waals surface area contributed by atoms with Gasteiger partial charge in [0.05, 0.1) is 0 Å². The lowest BCUT2D eigenvalue weighted by molar-refractivity contribution is 0.432. The summed E-state index contributed by atoms with van der Waals surface area (Å²) in [6.45, 7) is 1.82. The summed E-state index contributed by atoms with van der Waals surface area (Å²) in [5, 5.41) is 7.01. The Kier molecular flexibility index (Phi) is 3.12. The monoisotopic (exact) mass is 267 g/mol. The zero-order valence-corrected chi connectivity index (χ0v) is 11.2. The van der Waals surface area contributed by atoms with E-state index in [1.165, 1.54) is 0 Å². The molecule has 0 aliphatic heterocycles. The molecule has 0 aliphatic carbocycles. The first-order valence-electron chi connectivity index (χ1n) is 6.18. The Morgan fingerprint density at radius 1 is 1.05 bits per heavy atom. The van der Waals surface area contributed by atoms with Gasteiger partial charge in [0.25, 0.3) is 5.89 Å². The van der Waals surface area contributed by atoms with Gasteiger partial charge in [0.15, 0.2) is 0 Å². The largest absolute Gasteiger partial charge is 0.388 e. The third kappa shape index (κ3) is 2.35. The predicted octanol–water partition coefficient (Wildman–Crippen LogP) is 2.54. The number of nitrogens with one attached hydrogen (secondary N) is 1. The molecule has 0 atom stereocenters. The van der Waals surface area contributed by atoms with Gasteiger partial charge in [0.1, 0.15) is 11.5 Å². The first kappa shape index (κ1) is 12.3. The molecule has 6 heteroatoms. The number of aromatic nitrogens is 4. The first-order chi connectivity index (χ1) is 9.76. The van der Waals surface area contributed by atoms with Crippen molar-refractivity contribution in [3.8, 4) is 23.0 Å². The van der Waals surface area contributed by atoms with Crippen LogP contribution in [0.3, 0.4) is 0 Å². The van der Waals surface area contributed by atoms with Crippen LogP contribution in [0.1, 0.15) is 5.82 Å². The van der Waals surface area contributed by atoms with E-state index < -0.39 is 0 Å². The van der Waals surface area contributed by atoms with Crippen LogP contribution >= 0.6 is 0 Å². The second-order valence-electron chi connectivity index (χ2n) is 4.24. The van der Waals surface area contributed by atoms with E-state index in [9.17, 15) is 0 Å². The predicted molar refractivity (Wildman–Crippen MR) is 75.0 cm³/mol. The summed E-state index contributed by atoms with van der Waals surface area (Å²) in [7, 11) is 1.87. The molecule has 0 fully saturated rings. The normalized spacial score (nSPS) is 10.5. The number of hydrogen-bond acceptors (Lipinski definition) is 6. The van der Waals surface area contributed by atoms with Crippen molar-refractivity contribution in [2.24, 2.45) is 0 Å². The molecule has 0 spiro atoms. The van der Waals surface area contributed by atoms with E-state index in [4.69, 9.17) is 4.52 Å². The molecular weight excluding hydrogens is 254 g/mol. The maximum atomic E-state index is 5.28. The molecule has 3 aromatic rings. The highest BCUT2D eigenvalue weighted by Crippen LogP contribution is 2.22. The molecule has 2 aromatic heterocycles. The Bertz CT molecular complexity index is 720. The number of anilines is 1. The van der Waals surface area contributed by atoms with Crippen molar-refractivity contribution in [1.29, 1.82) is 0 Å². The van der Waals surface area contributed by atoms with Gasteiger partial charge in [-0.3, -0.25) is 0 Å². The zero-order valence-electron chi connectivity index (χ0n) is 11.2. The molecule has 2 heterocycles. The van der Waals surface area contributed by atoms with Crippen molar-refractivity contribution in [3.05, 3.63) is 42.4 Å². The van der Waals surface area contributed by atoms with Crippen molar-refractivity contribution >= 4 is 5.69 Å². The SMILES string of the molecule is CNc1ccc(-c2nc(-c3ccnc(C)n3)no2)cc1. The number of hydrogen-bond donors (Lipinski definition) is 1. The van der Waals surface area contributed by atoms with Gasteiger partial charge in [-0.15, -0.1) is 0 Å². The second kappa shape index (κ2) is 5.08. The quantitative estimate of drug-likeness (QED) is 0.785. The highest BCUT2D eigenvalue weighted by Gasteiger charge is 2.11. The Hall–Kier alpha value is -2.76. The van der Waals surface area contributed by atoms with Crippen molar-refractivity contribution in [1.82, 2.24) is 20.1 Å². The molecular formula is C14H13N5O. The van der Waals surface area contributed by atoms with Gasteiger partial charge in [-0.1, -0.05) is 5.16 Å². The van der Waals surface area contributed by atoms with Gasteiger partial charge in [-0.05, 0) is 37.3 Å². The molecule has 0 amide bonds. The van der Waals surface area contributed by atoms with Gasteiger partial charge >= 0.3 is 0 Å². The van der Waals surface area contributed by atoms with Crippen LogP contribution in [0.2, 0.25) is 0 Å². The lowest BCUT2D eigenvalue weighted by atomic mass is 10.2. The fourth-order valence-electron chi connectivity index (χ4n) is 1.80. The standard InChI is InChI=1S/C14H13N5O/c1-9-16-8-7-12(17-9)13-18-14(20-19-13)10-3-5-11(15-2)6-4-10/h3-8,15H,1-2H3. The second-order valence-corrected chi connectivity index (χ2v) is 4.24. The van der Waals surface area contributed by atoms with Crippen molar-refractivity contribution in [2.45, 2.75) is 6.92 Å². The summed E-state index contributed by atoms with van der Waals surface area (Å²) in [5.41, 5.74) is 2.55. The maximum Gasteiger partial charge on any atom is 0.258 e. The summed E-state index contributed by atoms with van der Waals surface area (Å²) < 4.78 is 5.28. The number of nitrogens with zero attached hydrogens (tertiary/aromatic N) is 4. The summed E-state index contributed by atoms with van der Waals surface area (Å²) in [5.74, 6) is 1.61. The van der Waals surface area contributed by atoms with Gasteiger partial charge < -0.3 is 9.84 Å². The van der Waals surface area contributed by atoms with Crippen LogP contribution in [0.25, 0.3) is 23.0 Å². The molecule has 0 aliphatic rings. The summed E-state index contributed by atoms with van der Waals surface area (Å²) >= 11 is 0. The molecule has 3 rings (SSSR count). The van der Waals surface area contributed by atoms with Crippen LogP contribution in [-0.2, 0) is 0 Å². The van der Waals surface area contributed by atoms with Gasteiger partial charge in [-0.2, -0.15) is 4.98 Å². The fraction of sp³-hybridized carbons (Fsp3) is 0.143. The summed E-state index contributed by atoms with van der Waals surface area (Å²) in [4.78, 5) is 12.7. The third-order valence-electron chi connectivity index (χ3n) is 2.85. The molecule has 6 nitrogen and oxygen atoms in total. The molecule has 1 aromatic carbocycles. The van der Waals surface area contributed by atoms with Crippen molar-refractivity contribution in [2.75, 3.05) is 12.4 Å². The van der Waals surface area contributed by atoms with E-state index in [1.54, 1.807) is 12.3 Å². The summed E-state index contributed by atoms with van der Waals surface area (Å²) in [6.07, 6.45) is 1.68. The Morgan fingerprint density at radius 3 is 2.55 bits per heavy atom. The van der Waals surface area contributed by atoms with E-state index in [2.05, 4.69) is 25.4 Å². The van der Waals surface area contributed by atoms with Crippen LogP contribution in [0.15, 0.2) is 41.1 Å². The lowest BCUT2D eigenvalue weighted by Crippen LogP contribution is -1.91. The molecule has 0 saturated carbocycles. The Morgan fingerprint density at radius 2 is 1.85 bits per heavy atom. The maximum absolute atomic E-state index is 5.28. The van der Waals surface area contributed by atoms with Gasteiger partial charge in [0.2, 0.25) is 5.82 Å². The first-order valence-corrected chi connectivity index (χ1v) is 6.18. The van der Waals surface area contributed by atoms with E-state index in [0.717, 1.165) is 11.3 Å². The highest BCUT2D eigenvalue weighted by molar-refractivity contribution is 5.60. The molecule has 0 radical (unpaired) electrons. The minimum Gasteiger partial charge on any atom is -0.388 e. The highest BCUT2D eigenvalue weighted by atomic mass is 16.5. The number of benzene rings is 1. The molecule has 0 unspecified atom stereocenters. The van der Waals surface area contributed by atoms with E-state index in [-0.39, 0.29) is 0 Å². The summed E-state index contributed by atoms with van der Waals surface area (Å²) in [6, 6.07) is 9.51. The number of rotatable bonds is 3. The van der Waals surface area contributed by atoms with Crippen molar-refractivity contribution < 1.29 is 4.52 Å². The van der Waals surface area contributed by atoms with Gasteiger partial charge in [-0.25, -0.2) is 9.97 Å².